The van der Waals surface area contributed by atoms with E-state index in [0.717, 1.165) is 18.4 Å². The Hall–Kier alpha value is -3.32. The molecule has 0 unspecified atom stereocenters. The summed E-state index contributed by atoms with van der Waals surface area (Å²) in [6.45, 7) is 5.91. The van der Waals surface area contributed by atoms with E-state index in [9.17, 15) is 9.59 Å². The normalized spacial score (nSPS) is 17.6. The number of amides is 2. The first-order valence-corrected chi connectivity index (χ1v) is 13.1. The molecular formula is C29H35ClN4O3. The molecule has 1 atom stereocenters. The van der Waals surface area contributed by atoms with Gasteiger partial charge in [-0.15, -0.1) is 0 Å². The summed E-state index contributed by atoms with van der Waals surface area (Å²) >= 11 is 6.16. The third-order valence-corrected chi connectivity index (χ3v) is 7.12. The van der Waals surface area contributed by atoms with E-state index >= 15 is 0 Å². The van der Waals surface area contributed by atoms with Gasteiger partial charge in [-0.2, -0.15) is 5.10 Å². The number of benzene rings is 2. The summed E-state index contributed by atoms with van der Waals surface area (Å²) < 4.78 is 7.95. The van der Waals surface area contributed by atoms with Crippen molar-refractivity contribution in [3.05, 3.63) is 83.1 Å². The predicted octanol–water partition coefficient (Wildman–Crippen LogP) is 5.47. The number of hydrogen-bond donors (Lipinski definition) is 0. The molecule has 1 aliphatic heterocycles. The van der Waals surface area contributed by atoms with E-state index in [1.165, 1.54) is 0 Å². The lowest BCUT2D eigenvalue weighted by Gasteiger charge is -2.43. The quantitative estimate of drug-likeness (QED) is 0.374. The van der Waals surface area contributed by atoms with Crippen LogP contribution in [0.25, 0.3) is 0 Å². The number of halogens is 1. The van der Waals surface area contributed by atoms with Gasteiger partial charge >= 0.3 is 0 Å². The molecule has 8 heteroatoms. The van der Waals surface area contributed by atoms with Gasteiger partial charge in [0.05, 0.1) is 6.61 Å². The topological polar surface area (TPSA) is 67.7 Å². The first-order valence-electron chi connectivity index (χ1n) is 12.8. The molecular weight excluding hydrogens is 488 g/mol. The molecule has 0 aliphatic carbocycles. The van der Waals surface area contributed by atoms with Crippen LogP contribution in [-0.2, 0) is 11.3 Å². The number of nitrogens with zero attached hydrogens (tertiary/aromatic N) is 4. The smallest absolute Gasteiger partial charge is 0.272 e. The highest BCUT2D eigenvalue weighted by Crippen LogP contribution is 2.36. The van der Waals surface area contributed by atoms with E-state index in [1.54, 1.807) is 34.0 Å². The molecule has 37 heavy (non-hydrogen) atoms. The molecule has 0 bridgehead atoms. The number of hydrogen-bond acceptors (Lipinski definition) is 4. The van der Waals surface area contributed by atoms with Gasteiger partial charge in [-0.25, -0.2) is 0 Å². The molecule has 7 nitrogen and oxygen atoms in total. The largest absolute Gasteiger partial charge is 0.493 e. The van der Waals surface area contributed by atoms with Crippen LogP contribution >= 0.6 is 11.6 Å². The molecule has 3 aromatic rings. The Labute approximate surface area is 224 Å². The van der Waals surface area contributed by atoms with Crippen molar-refractivity contribution in [2.45, 2.75) is 45.7 Å². The van der Waals surface area contributed by atoms with Crippen LogP contribution < -0.4 is 4.74 Å². The molecule has 0 radical (unpaired) electrons. The van der Waals surface area contributed by atoms with Crippen molar-refractivity contribution in [1.82, 2.24) is 19.6 Å². The summed E-state index contributed by atoms with van der Waals surface area (Å²) in [5.74, 6) is 0.612. The zero-order valence-electron chi connectivity index (χ0n) is 21.8. The predicted molar refractivity (Wildman–Crippen MR) is 145 cm³/mol. The molecule has 0 spiro atoms. The van der Waals surface area contributed by atoms with Gasteiger partial charge in [0.25, 0.3) is 5.91 Å². The maximum Gasteiger partial charge on any atom is 0.272 e. The molecule has 1 aliphatic rings. The lowest BCUT2D eigenvalue weighted by Crippen LogP contribution is -2.51. The van der Waals surface area contributed by atoms with Crippen molar-refractivity contribution in [3.8, 4) is 5.75 Å². The number of carbonyl (C=O) groups excluding carboxylic acids is 2. The Kier molecular flexibility index (Phi) is 8.54. The maximum absolute atomic E-state index is 13.6. The highest BCUT2D eigenvalue weighted by atomic mass is 35.5. The monoisotopic (exact) mass is 522 g/mol. The van der Waals surface area contributed by atoms with Crippen molar-refractivity contribution in [2.75, 3.05) is 26.7 Å². The standard InChI is InChI=1S/C29H35ClN4O3/c1-22(2)34-26(13-15-31-34)28(36)33-16-8-14-29(20-33,21-37-25-12-7-11-24(30)17-25)18-27(35)32(3)19-23-9-5-4-6-10-23/h4-7,9-13,15,17,22H,8,14,16,18-21H2,1-3H3/t29-/m0/s1. The van der Waals surface area contributed by atoms with Crippen LogP contribution in [0.2, 0.25) is 5.02 Å². The fraction of sp³-hybridized carbons (Fsp3) is 0.414. The average molecular weight is 523 g/mol. The van der Waals surface area contributed by atoms with Crippen LogP contribution in [0.3, 0.4) is 0 Å². The number of ether oxygens (including phenoxy) is 1. The van der Waals surface area contributed by atoms with Crippen molar-refractivity contribution in [3.63, 3.8) is 0 Å². The average Bonchev–Trinajstić information content (AvgIpc) is 3.38. The lowest BCUT2D eigenvalue weighted by molar-refractivity contribution is -0.134. The van der Waals surface area contributed by atoms with Crippen LogP contribution in [0.5, 0.6) is 5.75 Å². The summed E-state index contributed by atoms with van der Waals surface area (Å²) in [4.78, 5) is 30.6. The molecule has 0 saturated carbocycles. The van der Waals surface area contributed by atoms with Crippen LogP contribution in [0, 0.1) is 5.41 Å². The molecule has 1 aromatic heterocycles. The Morgan fingerprint density at radius 3 is 2.65 bits per heavy atom. The van der Waals surface area contributed by atoms with Gasteiger partial charge < -0.3 is 14.5 Å². The lowest BCUT2D eigenvalue weighted by atomic mass is 9.77. The first-order chi connectivity index (χ1) is 17.8. The minimum atomic E-state index is -0.527. The van der Waals surface area contributed by atoms with Gasteiger partial charge in [0.1, 0.15) is 11.4 Å². The van der Waals surface area contributed by atoms with E-state index < -0.39 is 5.41 Å². The van der Waals surface area contributed by atoms with Crippen molar-refractivity contribution >= 4 is 23.4 Å². The number of carbonyl (C=O) groups is 2. The Balaban J connectivity index is 1.54. The van der Waals surface area contributed by atoms with Gasteiger partial charge in [0.15, 0.2) is 0 Å². The minimum absolute atomic E-state index is 0.0278. The highest BCUT2D eigenvalue weighted by Gasteiger charge is 2.41. The Bertz CT molecular complexity index is 1210. The summed E-state index contributed by atoms with van der Waals surface area (Å²) in [5.41, 5.74) is 1.11. The highest BCUT2D eigenvalue weighted by molar-refractivity contribution is 6.30. The molecule has 196 valence electrons. The number of aromatic nitrogens is 2. The summed E-state index contributed by atoms with van der Waals surface area (Å²) in [6, 6.07) is 19.0. The van der Waals surface area contributed by atoms with E-state index in [2.05, 4.69) is 5.10 Å². The fourth-order valence-electron chi connectivity index (χ4n) is 4.95. The van der Waals surface area contributed by atoms with E-state index in [0.29, 0.717) is 42.7 Å². The van der Waals surface area contributed by atoms with Crippen LogP contribution in [0.15, 0.2) is 66.9 Å². The summed E-state index contributed by atoms with van der Waals surface area (Å²) in [6.07, 6.45) is 3.51. The van der Waals surface area contributed by atoms with Crippen molar-refractivity contribution < 1.29 is 14.3 Å². The zero-order valence-corrected chi connectivity index (χ0v) is 22.5. The second-order valence-electron chi connectivity index (χ2n) is 10.2. The van der Waals surface area contributed by atoms with E-state index in [-0.39, 0.29) is 24.3 Å². The van der Waals surface area contributed by atoms with Crippen LogP contribution in [0.4, 0.5) is 0 Å². The zero-order chi connectivity index (χ0) is 26.4. The molecule has 0 N–H and O–H groups in total. The molecule has 1 saturated heterocycles. The van der Waals surface area contributed by atoms with Gasteiger partial charge in [0, 0.05) is 55.8 Å². The fourth-order valence-corrected chi connectivity index (χ4v) is 5.13. The van der Waals surface area contributed by atoms with Crippen LogP contribution in [0.1, 0.15) is 55.2 Å². The van der Waals surface area contributed by atoms with E-state index in [4.69, 9.17) is 16.3 Å². The van der Waals surface area contributed by atoms with Crippen molar-refractivity contribution in [2.24, 2.45) is 5.41 Å². The van der Waals surface area contributed by atoms with Crippen molar-refractivity contribution in [1.29, 1.82) is 0 Å². The minimum Gasteiger partial charge on any atom is -0.493 e. The Morgan fingerprint density at radius 2 is 1.92 bits per heavy atom. The summed E-state index contributed by atoms with van der Waals surface area (Å²) in [7, 11) is 1.83. The van der Waals surface area contributed by atoms with Gasteiger partial charge in [0.2, 0.25) is 5.91 Å². The molecule has 2 aromatic carbocycles. The second-order valence-corrected chi connectivity index (χ2v) is 10.7. The SMILES string of the molecule is CC(C)n1nccc1C(=O)N1CCC[C@](COc2cccc(Cl)c2)(CC(=O)N(C)Cc2ccccc2)C1. The molecule has 2 amide bonds. The van der Waals surface area contributed by atoms with Gasteiger partial charge in [-0.05, 0) is 56.5 Å². The molecule has 1 fully saturated rings. The second kappa shape index (κ2) is 11.8. The van der Waals surface area contributed by atoms with Gasteiger partial charge in [-0.1, -0.05) is 48.0 Å². The molecule has 4 rings (SSSR count). The number of likely N-dealkylation sites (tertiary alicyclic amines) is 1. The maximum atomic E-state index is 13.6. The van der Waals surface area contributed by atoms with Crippen LogP contribution in [-0.4, -0.2) is 58.1 Å². The Morgan fingerprint density at radius 1 is 1.14 bits per heavy atom. The summed E-state index contributed by atoms with van der Waals surface area (Å²) in [5, 5.41) is 4.93. The number of piperidine rings is 1. The van der Waals surface area contributed by atoms with Gasteiger partial charge in [-0.3, -0.25) is 14.3 Å². The third kappa shape index (κ3) is 6.72. The third-order valence-electron chi connectivity index (χ3n) is 6.88. The molecule has 2 heterocycles. The number of rotatable bonds is 9. The van der Waals surface area contributed by atoms with E-state index in [1.807, 2.05) is 68.3 Å². The first kappa shape index (κ1) is 26.7.